The minimum atomic E-state index is -0.298. The molecule has 2 amide bonds. The van der Waals surface area contributed by atoms with Crippen molar-refractivity contribution < 1.29 is 9.59 Å². The zero-order valence-corrected chi connectivity index (χ0v) is 7.48. The highest BCUT2D eigenvalue weighted by Crippen LogP contribution is 2.27. The van der Waals surface area contributed by atoms with Gasteiger partial charge in [0.15, 0.2) is 0 Å². The summed E-state index contributed by atoms with van der Waals surface area (Å²) in [5.74, 6) is 2.32. The number of carbonyl (C=O) groups excluding carboxylic acids is 2. The molecule has 0 radical (unpaired) electrons. The number of hydrogen-bond acceptors (Lipinski definition) is 3. The van der Waals surface area contributed by atoms with Crippen LogP contribution in [0.15, 0.2) is 0 Å². The van der Waals surface area contributed by atoms with Crippen LogP contribution in [0.25, 0.3) is 0 Å². The summed E-state index contributed by atoms with van der Waals surface area (Å²) < 4.78 is 0. The first-order valence-electron chi connectivity index (χ1n) is 3.60. The molecular weight excluding hydrogens is 174 g/mol. The number of amides is 2. The van der Waals surface area contributed by atoms with Gasteiger partial charge in [-0.1, -0.05) is 18.7 Å². The van der Waals surface area contributed by atoms with Gasteiger partial charge in [0.05, 0.1) is 5.25 Å². The maximum atomic E-state index is 11.1. The van der Waals surface area contributed by atoms with E-state index in [1.165, 1.54) is 0 Å². The van der Waals surface area contributed by atoms with E-state index in [4.69, 9.17) is 6.42 Å². The third-order valence-electron chi connectivity index (χ3n) is 1.67. The van der Waals surface area contributed by atoms with Gasteiger partial charge < -0.3 is 0 Å². The van der Waals surface area contributed by atoms with Crippen molar-refractivity contribution in [2.45, 2.75) is 18.6 Å². The van der Waals surface area contributed by atoms with Crippen molar-refractivity contribution >= 4 is 22.9 Å². The lowest BCUT2D eigenvalue weighted by Crippen LogP contribution is -2.28. The first-order chi connectivity index (χ1) is 5.65. The molecule has 1 aliphatic rings. The van der Waals surface area contributed by atoms with Crippen molar-refractivity contribution in [1.82, 2.24) is 5.32 Å². The van der Waals surface area contributed by atoms with Crippen LogP contribution in [0.1, 0.15) is 13.3 Å². The molecule has 0 bridgehead atoms. The second-order valence-electron chi connectivity index (χ2n) is 2.70. The number of carbonyl (C=O) groups is 2. The molecule has 0 aromatic rings. The van der Waals surface area contributed by atoms with E-state index in [1.54, 1.807) is 0 Å². The molecule has 1 fully saturated rings. The quantitative estimate of drug-likeness (QED) is 0.649. The van der Waals surface area contributed by atoms with Crippen LogP contribution in [0, 0.1) is 18.3 Å². The highest BCUT2D eigenvalue weighted by atomic mass is 32.2. The van der Waals surface area contributed by atoms with Gasteiger partial charge in [0.25, 0.3) is 5.24 Å². The summed E-state index contributed by atoms with van der Waals surface area (Å²) in [4.78, 5) is 21.8. The number of hydrogen-bond donors (Lipinski definition) is 1. The standard InChI is InChI=1S/C8H9NO2S/c1-3-4-5(2)6-7(10)9-8(11)12-6/h1,5-6H,4H2,2H3,(H,9,10,11)/t5-,6?/m1/s1. The predicted molar refractivity (Wildman–Crippen MR) is 47.5 cm³/mol. The molecule has 1 saturated heterocycles. The van der Waals surface area contributed by atoms with Crippen LogP contribution in [-0.2, 0) is 4.79 Å². The third-order valence-corrected chi connectivity index (χ3v) is 2.92. The van der Waals surface area contributed by atoms with Crippen LogP contribution in [0.4, 0.5) is 4.79 Å². The van der Waals surface area contributed by atoms with Crippen molar-refractivity contribution in [1.29, 1.82) is 0 Å². The Hall–Kier alpha value is -0.950. The van der Waals surface area contributed by atoms with E-state index in [2.05, 4.69) is 11.2 Å². The van der Waals surface area contributed by atoms with Crippen LogP contribution in [0.3, 0.4) is 0 Å². The number of imide groups is 1. The molecular formula is C8H9NO2S. The first kappa shape index (κ1) is 9.14. The fraction of sp³-hybridized carbons (Fsp3) is 0.500. The average Bonchev–Trinajstić information content (AvgIpc) is 2.30. The second kappa shape index (κ2) is 3.63. The third kappa shape index (κ3) is 1.80. The lowest BCUT2D eigenvalue weighted by molar-refractivity contribution is -0.119. The number of terminal acetylenes is 1. The summed E-state index contributed by atoms with van der Waals surface area (Å²) in [5.41, 5.74) is 0. The summed E-state index contributed by atoms with van der Waals surface area (Å²) in [6, 6.07) is 0. The number of rotatable bonds is 2. The lowest BCUT2D eigenvalue weighted by atomic mass is 10.0. The van der Waals surface area contributed by atoms with Gasteiger partial charge in [-0.3, -0.25) is 14.9 Å². The zero-order chi connectivity index (χ0) is 9.14. The van der Waals surface area contributed by atoms with E-state index in [9.17, 15) is 9.59 Å². The SMILES string of the molecule is C#CC[C@@H](C)C1SC(=O)NC1=O. The fourth-order valence-corrected chi connectivity index (χ4v) is 1.92. The molecule has 1 rings (SSSR count). The summed E-state index contributed by atoms with van der Waals surface area (Å²) >= 11 is 1.03. The van der Waals surface area contributed by atoms with Crippen LogP contribution in [-0.4, -0.2) is 16.4 Å². The fourth-order valence-electron chi connectivity index (χ4n) is 1.04. The monoisotopic (exact) mass is 183 g/mol. The van der Waals surface area contributed by atoms with Gasteiger partial charge in [0.2, 0.25) is 5.91 Å². The van der Waals surface area contributed by atoms with E-state index in [0.717, 1.165) is 11.8 Å². The largest absolute Gasteiger partial charge is 0.286 e. The second-order valence-corrected chi connectivity index (χ2v) is 3.82. The van der Waals surface area contributed by atoms with Crippen LogP contribution in [0.5, 0.6) is 0 Å². The molecule has 0 aromatic carbocycles. The van der Waals surface area contributed by atoms with Gasteiger partial charge in [-0.05, 0) is 5.92 Å². The van der Waals surface area contributed by atoms with Crippen molar-refractivity contribution in [3.05, 3.63) is 0 Å². The smallest absolute Gasteiger partial charge is 0.286 e. The molecule has 0 aliphatic carbocycles. The Balaban J connectivity index is 2.59. The van der Waals surface area contributed by atoms with E-state index in [1.807, 2.05) is 6.92 Å². The summed E-state index contributed by atoms with van der Waals surface area (Å²) in [7, 11) is 0. The normalized spacial score (nSPS) is 24.8. The van der Waals surface area contributed by atoms with E-state index >= 15 is 0 Å². The molecule has 12 heavy (non-hydrogen) atoms. The lowest BCUT2D eigenvalue weighted by Gasteiger charge is -2.10. The molecule has 0 aromatic heterocycles. The van der Waals surface area contributed by atoms with Gasteiger partial charge in [-0.25, -0.2) is 0 Å². The Bertz CT molecular complexity index is 256. The van der Waals surface area contributed by atoms with E-state index < -0.39 is 0 Å². The van der Waals surface area contributed by atoms with E-state index in [0.29, 0.717) is 6.42 Å². The number of nitrogens with one attached hydrogen (secondary N) is 1. The predicted octanol–water partition coefficient (Wildman–Crippen LogP) is 0.997. The van der Waals surface area contributed by atoms with Crippen LogP contribution >= 0.6 is 11.8 Å². The molecule has 3 nitrogen and oxygen atoms in total. The maximum absolute atomic E-state index is 11.1. The molecule has 1 aliphatic heterocycles. The van der Waals surface area contributed by atoms with Crippen molar-refractivity contribution in [2.24, 2.45) is 5.92 Å². The molecule has 0 saturated carbocycles. The van der Waals surface area contributed by atoms with Crippen molar-refractivity contribution in [2.75, 3.05) is 0 Å². The Morgan fingerprint density at radius 2 is 2.42 bits per heavy atom. The summed E-state index contributed by atoms with van der Waals surface area (Å²) in [6.07, 6.45) is 5.63. The van der Waals surface area contributed by atoms with Gasteiger partial charge in [0, 0.05) is 6.42 Å². The Morgan fingerprint density at radius 3 is 2.83 bits per heavy atom. The molecule has 2 atom stereocenters. The van der Waals surface area contributed by atoms with Gasteiger partial charge in [0.1, 0.15) is 0 Å². The Morgan fingerprint density at radius 1 is 1.75 bits per heavy atom. The summed E-state index contributed by atoms with van der Waals surface area (Å²) in [6.45, 7) is 1.87. The average molecular weight is 183 g/mol. The molecule has 1 N–H and O–H groups in total. The summed E-state index contributed by atoms with van der Waals surface area (Å²) in [5, 5.41) is 1.66. The maximum Gasteiger partial charge on any atom is 0.286 e. The first-order valence-corrected chi connectivity index (χ1v) is 4.48. The zero-order valence-electron chi connectivity index (χ0n) is 6.66. The topological polar surface area (TPSA) is 46.2 Å². The van der Waals surface area contributed by atoms with Gasteiger partial charge in [-0.15, -0.1) is 12.3 Å². The molecule has 1 unspecified atom stereocenters. The minimum absolute atomic E-state index is 0.0615. The van der Waals surface area contributed by atoms with E-state index in [-0.39, 0.29) is 22.3 Å². The highest BCUT2D eigenvalue weighted by molar-refractivity contribution is 8.15. The van der Waals surface area contributed by atoms with Crippen molar-refractivity contribution in [3.8, 4) is 12.3 Å². The van der Waals surface area contributed by atoms with Crippen LogP contribution in [0.2, 0.25) is 0 Å². The molecule has 4 heteroatoms. The minimum Gasteiger partial charge on any atom is -0.286 e. The molecule has 1 heterocycles. The van der Waals surface area contributed by atoms with Gasteiger partial charge >= 0.3 is 0 Å². The van der Waals surface area contributed by atoms with Gasteiger partial charge in [-0.2, -0.15) is 0 Å². The molecule has 64 valence electrons. The Kier molecular flexibility index (Phi) is 2.77. The molecule has 0 spiro atoms. The number of thioether (sulfide) groups is 1. The Labute approximate surface area is 75.3 Å². The van der Waals surface area contributed by atoms with Crippen LogP contribution < -0.4 is 5.32 Å². The highest BCUT2D eigenvalue weighted by Gasteiger charge is 2.35. The van der Waals surface area contributed by atoms with Crippen molar-refractivity contribution in [3.63, 3.8) is 0 Å².